The van der Waals surface area contributed by atoms with Crippen LogP contribution in [-0.2, 0) is 14.3 Å². The van der Waals surface area contributed by atoms with Crippen molar-refractivity contribution < 1.29 is 19.4 Å². The van der Waals surface area contributed by atoms with Crippen LogP contribution in [0.4, 0.5) is 0 Å². The molecule has 0 unspecified atom stereocenters. The first kappa shape index (κ1) is 20.9. The number of rotatable bonds is 7. The average Bonchev–Trinajstić information content (AvgIpc) is 3.58. The zero-order chi connectivity index (χ0) is 21.3. The third-order valence-electron chi connectivity index (χ3n) is 5.97. The van der Waals surface area contributed by atoms with Crippen LogP contribution in [0, 0.1) is 0 Å². The molecule has 2 fully saturated rings. The van der Waals surface area contributed by atoms with E-state index in [0.717, 1.165) is 11.1 Å². The molecule has 1 saturated carbocycles. The molecule has 1 saturated heterocycles. The summed E-state index contributed by atoms with van der Waals surface area (Å²) >= 11 is 6.06. The highest BCUT2D eigenvalue weighted by molar-refractivity contribution is 6.30. The van der Waals surface area contributed by atoms with E-state index in [1.54, 1.807) is 12.1 Å². The molecule has 1 heterocycles. The van der Waals surface area contributed by atoms with Crippen molar-refractivity contribution in [2.24, 2.45) is 0 Å². The van der Waals surface area contributed by atoms with E-state index >= 15 is 0 Å². The predicted molar refractivity (Wildman–Crippen MR) is 114 cm³/mol. The van der Waals surface area contributed by atoms with Crippen LogP contribution in [0.3, 0.4) is 0 Å². The number of hydrogen-bond acceptors (Lipinski definition) is 3. The minimum Gasteiger partial charge on any atom is -0.480 e. The zero-order valence-electron chi connectivity index (χ0n) is 17.0. The van der Waals surface area contributed by atoms with Crippen LogP contribution < -0.4 is 0 Å². The van der Waals surface area contributed by atoms with Gasteiger partial charge in [-0.25, -0.2) is 4.79 Å². The molecule has 2 aliphatic rings. The Bertz CT molecular complexity index is 908. The molecular weight excluding hydrogens is 402 g/mol. The van der Waals surface area contributed by atoms with E-state index in [1.165, 1.54) is 23.3 Å². The van der Waals surface area contributed by atoms with Crippen LogP contribution in [0.2, 0.25) is 5.02 Å². The van der Waals surface area contributed by atoms with Gasteiger partial charge in [-0.2, -0.15) is 0 Å². The smallest absolute Gasteiger partial charge is 0.326 e. The lowest BCUT2D eigenvalue weighted by molar-refractivity contribution is -0.171. The van der Waals surface area contributed by atoms with Crippen molar-refractivity contribution >= 4 is 23.5 Å². The van der Waals surface area contributed by atoms with Crippen LogP contribution in [0.1, 0.15) is 67.4 Å². The average molecular weight is 428 g/mol. The minimum atomic E-state index is -0.985. The molecule has 0 aromatic heterocycles. The third kappa shape index (κ3) is 4.23. The maximum Gasteiger partial charge on any atom is 0.326 e. The molecule has 0 radical (unpaired) electrons. The quantitative estimate of drug-likeness (QED) is 0.666. The maximum atomic E-state index is 12.9. The van der Waals surface area contributed by atoms with E-state index in [1.807, 2.05) is 31.2 Å². The fourth-order valence-corrected chi connectivity index (χ4v) is 4.42. The second-order valence-corrected chi connectivity index (χ2v) is 8.55. The van der Waals surface area contributed by atoms with Crippen molar-refractivity contribution in [1.82, 2.24) is 4.90 Å². The number of ether oxygens (including phenoxy) is 1. The number of morpholine rings is 1. The standard InChI is InChI=1S/C24H26ClNO4/c1-2-3-20(24(28)29)26-21(27)14-30-23(18-10-12-19(25)13-11-18)22(26)17-8-6-16(7-9-17)15-4-5-15/h6-13,15,20,22-23H,2-5,14H2,1H3,(H,28,29)/t20-,22+,23-/m0/s1. The number of benzene rings is 2. The Morgan fingerprint density at radius 3 is 2.27 bits per heavy atom. The Morgan fingerprint density at radius 1 is 1.10 bits per heavy atom. The molecule has 0 spiro atoms. The number of halogens is 1. The predicted octanol–water partition coefficient (Wildman–Crippen LogP) is 5.11. The second-order valence-electron chi connectivity index (χ2n) is 8.11. The normalized spacial score (nSPS) is 22.7. The van der Waals surface area contributed by atoms with Gasteiger partial charge in [0.1, 0.15) is 18.8 Å². The molecular formula is C24H26ClNO4. The molecule has 1 aliphatic carbocycles. The number of carboxylic acid groups (broad SMARTS) is 1. The monoisotopic (exact) mass is 427 g/mol. The Morgan fingerprint density at radius 2 is 1.70 bits per heavy atom. The van der Waals surface area contributed by atoms with Crippen LogP contribution in [0.25, 0.3) is 0 Å². The topological polar surface area (TPSA) is 66.8 Å². The van der Waals surface area contributed by atoms with Crippen molar-refractivity contribution in [1.29, 1.82) is 0 Å². The van der Waals surface area contributed by atoms with Gasteiger partial charge in [-0.3, -0.25) is 4.79 Å². The zero-order valence-corrected chi connectivity index (χ0v) is 17.7. The molecule has 6 heteroatoms. The number of amides is 1. The molecule has 1 amide bonds. The van der Waals surface area contributed by atoms with Crippen LogP contribution >= 0.6 is 11.6 Å². The molecule has 30 heavy (non-hydrogen) atoms. The molecule has 4 rings (SSSR count). The van der Waals surface area contributed by atoms with Crippen molar-refractivity contribution in [2.75, 3.05) is 6.61 Å². The minimum absolute atomic E-state index is 0.141. The van der Waals surface area contributed by atoms with Crippen LogP contribution in [-0.4, -0.2) is 34.5 Å². The molecule has 1 N–H and O–H groups in total. The first-order valence-electron chi connectivity index (χ1n) is 10.5. The summed E-state index contributed by atoms with van der Waals surface area (Å²) in [5.41, 5.74) is 3.04. The molecule has 2 aromatic carbocycles. The molecule has 0 bridgehead atoms. The summed E-state index contributed by atoms with van der Waals surface area (Å²) in [6, 6.07) is 14.1. The van der Waals surface area contributed by atoms with Crippen LogP contribution in [0.5, 0.6) is 0 Å². The lowest BCUT2D eigenvalue weighted by atomic mass is 9.90. The van der Waals surface area contributed by atoms with E-state index < -0.39 is 24.2 Å². The number of aliphatic carboxylic acids is 1. The van der Waals surface area contributed by atoms with Gasteiger partial charge >= 0.3 is 5.97 Å². The summed E-state index contributed by atoms with van der Waals surface area (Å²) in [6.07, 6.45) is 3.01. The maximum absolute atomic E-state index is 12.9. The van der Waals surface area contributed by atoms with Gasteiger partial charge in [0.05, 0.1) is 6.04 Å². The van der Waals surface area contributed by atoms with Gasteiger partial charge in [0, 0.05) is 5.02 Å². The number of hydrogen-bond donors (Lipinski definition) is 1. The summed E-state index contributed by atoms with van der Waals surface area (Å²) < 4.78 is 5.98. The lowest BCUT2D eigenvalue weighted by Gasteiger charge is -2.44. The Kier molecular flexibility index (Phi) is 6.11. The van der Waals surface area contributed by atoms with Gasteiger partial charge in [-0.05, 0) is 54.0 Å². The molecule has 3 atom stereocenters. The summed E-state index contributed by atoms with van der Waals surface area (Å²) in [5.74, 6) is -0.655. The highest BCUT2D eigenvalue weighted by Gasteiger charge is 2.44. The van der Waals surface area contributed by atoms with Gasteiger partial charge in [0.2, 0.25) is 5.91 Å². The van der Waals surface area contributed by atoms with Gasteiger partial charge in [-0.15, -0.1) is 0 Å². The number of carbonyl (C=O) groups is 2. The highest BCUT2D eigenvalue weighted by Crippen LogP contribution is 2.44. The first-order valence-corrected chi connectivity index (χ1v) is 10.9. The van der Waals surface area contributed by atoms with Gasteiger partial charge in [0.25, 0.3) is 0 Å². The van der Waals surface area contributed by atoms with Crippen molar-refractivity contribution in [2.45, 2.75) is 56.7 Å². The Hall–Kier alpha value is -2.37. The number of nitrogens with zero attached hydrogens (tertiary/aromatic N) is 1. The van der Waals surface area contributed by atoms with Crippen molar-refractivity contribution in [3.8, 4) is 0 Å². The van der Waals surface area contributed by atoms with E-state index in [-0.39, 0.29) is 12.5 Å². The summed E-state index contributed by atoms with van der Waals surface area (Å²) in [4.78, 5) is 26.6. The van der Waals surface area contributed by atoms with E-state index in [0.29, 0.717) is 23.8 Å². The fraction of sp³-hybridized carbons (Fsp3) is 0.417. The molecule has 5 nitrogen and oxygen atoms in total. The fourth-order valence-electron chi connectivity index (χ4n) is 4.30. The first-order chi connectivity index (χ1) is 14.5. The van der Waals surface area contributed by atoms with E-state index in [4.69, 9.17) is 16.3 Å². The second kappa shape index (κ2) is 8.78. The van der Waals surface area contributed by atoms with E-state index in [9.17, 15) is 14.7 Å². The molecule has 2 aromatic rings. The highest BCUT2D eigenvalue weighted by atomic mass is 35.5. The SMILES string of the molecule is CCC[C@@H](C(=O)O)N1C(=O)CO[C@@H](c2ccc(Cl)cc2)[C@H]1c1ccc(C2CC2)cc1. The summed E-state index contributed by atoms with van der Waals surface area (Å²) in [5, 5.41) is 10.5. The largest absolute Gasteiger partial charge is 0.480 e. The summed E-state index contributed by atoms with van der Waals surface area (Å²) in [6.45, 7) is 1.79. The van der Waals surface area contributed by atoms with E-state index in [2.05, 4.69) is 12.1 Å². The number of carbonyl (C=O) groups excluding carboxylic acids is 1. The van der Waals surface area contributed by atoms with Gasteiger partial charge < -0.3 is 14.7 Å². The van der Waals surface area contributed by atoms with Gasteiger partial charge in [0.15, 0.2) is 0 Å². The Balaban J connectivity index is 1.77. The number of carboxylic acids is 1. The summed E-state index contributed by atoms with van der Waals surface area (Å²) in [7, 11) is 0. The molecule has 158 valence electrons. The third-order valence-corrected chi connectivity index (χ3v) is 6.22. The van der Waals surface area contributed by atoms with Crippen molar-refractivity contribution in [3.63, 3.8) is 0 Å². The van der Waals surface area contributed by atoms with Crippen LogP contribution in [0.15, 0.2) is 48.5 Å². The Labute approximate surface area is 181 Å². The molecule has 1 aliphatic heterocycles. The van der Waals surface area contributed by atoms with Gasteiger partial charge in [-0.1, -0.05) is 61.3 Å². The lowest BCUT2D eigenvalue weighted by Crippen LogP contribution is -2.53. The van der Waals surface area contributed by atoms with Crippen molar-refractivity contribution in [3.05, 3.63) is 70.2 Å².